The summed E-state index contributed by atoms with van der Waals surface area (Å²) in [7, 11) is 0. The second-order valence-electron chi connectivity index (χ2n) is 3.45. The molecule has 0 aromatic carbocycles. The van der Waals surface area contributed by atoms with Crippen molar-refractivity contribution in [2.24, 2.45) is 0 Å². The molecule has 0 aliphatic carbocycles. The van der Waals surface area contributed by atoms with E-state index in [0.717, 1.165) is 0 Å². The molecular weight excluding hydrogens is 196 g/mol. The lowest BCUT2D eigenvalue weighted by Crippen LogP contribution is -2.53. The summed E-state index contributed by atoms with van der Waals surface area (Å²) in [4.78, 5) is 23.7. The minimum atomic E-state index is -0.260. The molecule has 2 rings (SSSR count). The molecule has 1 fully saturated rings. The summed E-state index contributed by atoms with van der Waals surface area (Å²) in [5, 5.41) is 2.76. The first-order valence-electron chi connectivity index (χ1n) is 4.82. The summed E-state index contributed by atoms with van der Waals surface area (Å²) in [6.45, 7) is 3.09. The number of carbonyl (C=O) groups is 2. The lowest BCUT2D eigenvalue weighted by molar-refractivity contribution is -0.122. The highest BCUT2D eigenvalue weighted by Crippen LogP contribution is 2.20. The van der Waals surface area contributed by atoms with Crippen molar-refractivity contribution in [2.75, 3.05) is 18.0 Å². The van der Waals surface area contributed by atoms with Gasteiger partial charge in [0.2, 0.25) is 5.91 Å². The first kappa shape index (κ1) is 9.76. The van der Waals surface area contributed by atoms with Crippen LogP contribution in [0.3, 0.4) is 0 Å². The number of nitrogens with zero attached hydrogens (tertiary/aromatic N) is 1. The molecule has 5 nitrogen and oxygen atoms in total. The Morgan fingerprint density at radius 3 is 3.07 bits per heavy atom. The number of furan rings is 1. The molecule has 0 spiro atoms. The second kappa shape index (κ2) is 3.76. The first-order valence-corrected chi connectivity index (χ1v) is 4.82. The summed E-state index contributed by atoms with van der Waals surface area (Å²) < 4.78 is 5.27. The Morgan fingerprint density at radius 2 is 2.40 bits per heavy atom. The molecule has 80 valence electrons. The number of piperazine rings is 1. The zero-order valence-corrected chi connectivity index (χ0v) is 8.40. The maximum Gasteiger partial charge on any atom is 0.242 e. The van der Waals surface area contributed by atoms with Crippen LogP contribution in [0, 0.1) is 0 Å². The lowest BCUT2D eigenvalue weighted by atomic mass is 10.2. The van der Waals surface area contributed by atoms with Gasteiger partial charge in [0, 0.05) is 19.2 Å². The number of nitrogens with one attached hydrogen (secondary N) is 1. The SMILES string of the molecule is CC1C(=O)NCCN1c1ccc(C=O)o1. The van der Waals surface area contributed by atoms with Crippen molar-refractivity contribution < 1.29 is 14.0 Å². The first-order chi connectivity index (χ1) is 7.22. The average Bonchev–Trinajstić information content (AvgIpc) is 2.70. The van der Waals surface area contributed by atoms with Gasteiger partial charge in [0.25, 0.3) is 0 Å². The summed E-state index contributed by atoms with van der Waals surface area (Å²) in [5.41, 5.74) is 0. The number of aldehydes is 1. The zero-order valence-electron chi connectivity index (χ0n) is 8.40. The quantitative estimate of drug-likeness (QED) is 0.715. The van der Waals surface area contributed by atoms with Crippen LogP contribution < -0.4 is 10.2 Å². The fourth-order valence-electron chi connectivity index (χ4n) is 1.64. The zero-order chi connectivity index (χ0) is 10.8. The Hall–Kier alpha value is -1.78. The molecule has 5 heteroatoms. The van der Waals surface area contributed by atoms with Gasteiger partial charge in [-0.2, -0.15) is 0 Å². The van der Waals surface area contributed by atoms with Crippen LogP contribution >= 0.6 is 0 Å². The molecule has 15 heavy (non-hydrogen) atoms. The average molecular weight is 208 g/mol. The predicted octanol–water partition coefficient (Wildman–Crippen LogP) is 0.417. The third-order valence-corrected chi connectivity index (χ3v) is 2.51. The summed E-state index contributed by atoms with van der Waals surface area (Å²) in [5.74, 6) is 0.827. The van der Waals surface area contributed by atoms with E-state index in [9.17, 15) is 9.59 Å². The normalized spacial score (nSPS) is 21.3. The maximum atomic E-state index is 11.4. The van der Waals surface area contributed by atoms with Crippen molar-refractivity contribution in [2.45, 2.75) is 13.0 Å². The highest BCUT2D eigenvalue weighted by atomic mass is 16.4. The molecule has 1 atom stereocenters. The number of rotatable bonds is 2. The van der Waals surface area contributed by atoms with Gasteiger partial charge in [-0.15, -0.1) is 0 Å². The van der Waals surface area contributed by atoms with Crippen LogP contribution in [0.5, 0.6) is 0 Å². The Morgan fingerprint density at radius 1 is 1.60 bits per heavy atom. The Kier molecular flexibility index (Phi) is 2.45. The molecule has 1 aliphatic heterocycles. The lowest BCUT2D eigenvalue weighted by Gasteiger charge is -2.32. The largest absolute Gasteiger partial charge is 0.438 e. The van der Waals surface area contributed by atoms with Crippen LogP contribution in [-0.4, -0.2) is 31.3 Å². The minimum Gasteiger partial charge on any atom is -0.438 e. The van der Waals surface area contributed by atoms with Crippen molar-refractivity contribution in [1.82, 2.24) is 5.32 Å². The number of hydrogen-bond acceptors (Lipinski definition) is 4. The topological polar surface area (TPSA) is 62.6 Å². The fraction of sp³-hybridized carbons (Fsp3) is 0.400. The monoisotopic (exact) mass is 208 g/mol. The Balaban J connectivity index is 2.21. The fourth-order valence-corrected chi connectivity index (χ4v) is 1.64. The van der Waals surface area contributed by atoms with E-state index < -0.39 is 0 Å². The summed E-state index contributed by atoms with van der Waals surface area (Å²) in [6.07, 6.45) is 0.651. The highest BCUT2D eigenvalue weighted by Gasteiger charge is 2.27. The van der Waals surface area contributed by atoms with E-state index >= 15 is 0 Å². The van der Waals surface area contributed by atoms with Gasteiger partial charge < -0.3 is 14.6 Å². The van der Waals surface area contributed by atoms with E-state index in [4.69, 9.17) is 4.42 Å². The van der Waals surface area contributed by atoms with Crippen LogP contribution in [-0.2, 0) is 4.79 Å². The molecule has 1 amide bonds. The van der Waals surface area contributed by atoms with E-state index in [1.54, 1.807) is 19.1 Å². The summed E-state index contributed by atoms with van der Waals surface area (Å²) >= 11 is 0. The van der Waals surface area contributed by atoms with Gasteiger partial charge in [0.1, 0.15) is 6.04 Å². The summed E-state index contributed by atoms with van der Waals surface area (Å²) in [6, 6.07) is 3.05. The molecular formula is C10H12N2O3. The molecule has 1 aromatic heterocycles. The molecule has 0 saturated carbocycles. The van der Waals surface area contributed by atoms with Gasteiger partial charge in [-0.1, -0.05) is 0 Å². The van der Waals surface area contributed by atoms with Crippen molar-refractivity contribution in [3.8, 4) is 0 Å². The molecule has 2 heterocycles. The van der Waals surface area contributed by atoms with Gasteiger partial charge in [-0.3, -0.25) is 9.59 Å². The van der Waals surface area contributed by atoms with Gasteiger partial charge in [0.15, 0.2) is 17.9 Å². The molecule has 1 N–H and O–H groups in total. The molecule has 0 radical (unpaired) electrons. The van der Waals surface area contributed by atoms with Crippen LogP contribution in [0.1, 0.15) is 17.5 Å². The second-order valence-corrected chi connectivity index (χ2v) is 3.45. The van der Waals surface area contributed by atoms with Gasteiger partial charge in [-0.05, 0) is 13.0 Å². The van der Waals surface area contributed by atoms with E-state index in [-0.39, 0.29) is 17.7 Å². The molecule has 1 unspecified atom stereocenters. The van der Waals surface area contributed by atoms with Gasteiger partial charge in [-0.25, -0.2) is 0 Å². The van der Waals surface area contributed by atoms with Crippen molar-refractivity contribution in [3.05, 3.63) is 17.9 Å². The van der Waals surface area contributed by atoms with Crippen LogP contribution in [0.4, 0.5) is 5.88 Å². The number of carbonyl (C=O) groups excluding carboxylic acids is 2. The van der Waals surface area contributed by atoms with Crippen molar-refractivity contribution in [1.29, 1.82) is 0 Å². The van der Waals surface area contributed by atoms with E-state index in [0.29, 0.717) is 25.3 Å². The van der Waals surface area contributed by atoms with Crippen LogP contribution in [0.2, 0.25) is 0 Å². The standard InChI is InChI=1S/C10H12N2O3/c1-7-10(14)11-4-5-12(7)9-3-2-8(6-13)15-9/h2-3,6-7H,4-5H2,1H3,(H,11,14). The molecule has 1 aliphatic rings. The smallest absolute Gasteiger partial charge is 0.242 e. The predicted molar refractivity (Wildman–Crippen MR) is 53.9 cm³/mol. The van der Waals surface area contributed by atoms with E-state index in [2.05, 4.69) is 5.32 Å². The Labute approximate surface area is 87.0 Å². The number of anilines is 1. The van der Waals surface area contributed by atoms with Crippen molar-refractivity contribution in [3.63, 3.8) is 0 Å². The molecule has 1 saturated heterocycles. The third-order valence-electron chi connectivity index (χ3n) is 2.51. The number of hydrogen-bond donors (Lipinski definition) is 1. The van der Waals surface area contributed by atoms with Crippen LogP contribution in [0.15, 0.2) is 16.5 Å². The minimum absolute atomic E-state index is 0.0229. The van der Waals surface area contributed by atoms with E-state index in [1.165, 1.54) is 0 Å². The number of amides is 1. The molecule has 0 bridgehead atoms. The van der Waals surface area contributed by atoms with Crippen molar-refractivity contribution >= 4 is 18.1 Å². The van der Waals surface area contributed by atoms with Gasteiger partial charge >= 0.3 is 0 Å². The third kappa shape index (κ3) is 1.72. The van der Waals surface area contributed by atoms with E-state index in [1.807, 2.05) is 4.90 Å². The van der Waals surface area contributed by atoms with Crippen LogP contribution in [0.25, 0.3) is 0 Å². The molecule has 1 aromatic rings. The Bertz CT molecular complexity index is 386. The maximum absolute atomic E-state index is 11.4. The van der Waals surface area contributed by atoms with Gasteiger partial charge in [0.05, 0.1) is 0 Å². The highest BCUT2D eigenvalue weighted by molar-refractivity contribution is 5.85.